The molecule has 0 saturated carbocycles. The van der Waals surface area contributed by atoms with Gasteiger partial charge in [0.1, 0.15) is 4.88 Å². The number of nitrogens with zero attached hydrogens (tertiary/aromatic N) is 5. The number of aromatic nitrogens is 2. The molecule has 2 aliphatic rings. The summed E-state index contributed by atoms with van der Waals surface area (Å²) in [6.45, 7) is 1.14. The molecular formula is C18H19N5O2S. The fourth-order valence-electron chi connectivity index (χ4n) is 3.51. The third-order valence-electron chi connectivity index (χ3n) is 4.94. The second kappa shape index (κ2) is 7.33. The van der Waals surface area contributed by atoms with Crippen LogP contribution in [0.1, 0.15) is 40.5 Å². The molecule has 4 rings (SSSR count). The Hall–Kier alpha value is -2.61. The average Bonchev–Trinajstić information content (AvgIpc) is 3.39. The van der Waals surface area contributed by atoms with Crippen LogP contribution in [0.3, 0.4) is 0 Å². The van der Waals surface area contributed by atoms with Crippen molar-refractivity contribution in [2.24, 2.45) is 11.0 Å². The van der Waals surface area contributed by atoms with Gasteiger partial charge in [0.15, 0.2) is 0 Å². The summed E-state index contributed by atoms with van der Waals surface area (Å²) in [4.78, 5) is 27.7. The minimum Gasteiger partial charge on any atom is -0.338 e. The fraction of sp³-hybridized carbons (Fsp3) is 0.389. The first-order chi connectivity index (χ1) is 12.7. The second-order valence-corrected chi connectivity index (χ2v) is 7.28. The van der Waals surface area contributed by atoms with Crippen LogP contribution in [0.4, 0.5) is 0 Å². The van der Waals surface area contributed by atoms with Gasteiger partial charge in [0, 0.05) is 31.6 Å². The molecule has 0 radical (unpaired) electrons. The average molecular weight is 369 g/mol. The van der Waals surface area contributed by atoms with E-state index in [9.17, 15) is 9.59 Å². The minimum absolute atomic E-state index is 0.0216. The molecule has 1 aromatic carbocycles. The van der Waals surface area contributed by atoms with Gasteiger partial charge in [0.05, 0.1) is 12.2 Å². The number of hydrogen-bond donors (Lipinski definition) is 0. The van der Waals surface area contributed by atoms with Gasteiger partial charge < -0.3 is 4.90 Å². The number of benzene rings is 1. The summed E-state index contributed by atoms with van der Waals surface area (Å²) in [6.07, 6.45) is 5.36. The smallest absolute Gasteiger partial charge is 0.267 e. The zero-order chi connectivity index (χ0) is 17.9. The van der Waals surface area contributed by atoms with Gasteiger partial charge in [-0.2, -0.15) is 5.10 Å². The van der Waals surface area contributed by atoms with Gasteiger partial charge in [-0.15, -0.1) is 5.10 Å². The Bertz CT molecular complexity index is 800. The van der Waals surface area contributed by atoms with E-state index in [4.69, 9.17) is 0 Å². The molecule has 1 atom stereocenters. The highest BCUT2D eigenvalue weighted by atomic mass is 32.1. The Kier molecular flexibility index (Phi) is 4.75. The predicted octanol–water partition coefficient (Wildman–Crippen LogP) is 2.35. The van der Waals surface area contributed by atoms with E-state index < -0.39 is 0 Å². The van der Waals surface area contributed by atoms with Gasteiger partial charge in [-0.25, -0.2) is 5.01 Å². The van der Waals surface area contributed by atoms with Gasteiger partial charge in [-0.1, -0.05) is 34.8 Å². The van der Waals surface area contributed by atoms with E-state index in [0.29, 0.717) is 30.8 Å². The molecule has 0 spiro atoms. The predicted molar refractivity (Wildman–Crippen MR) is 97.7 cm³/mol. The lowest BCUT2D eigenvalue weighted by Crippen LogP contribution is -2.43. The molecule has 0 bridgehead atoms. The van der Waals surface area contributed by atoms with Gasteiger partial charge in [-0.05, 0) is 29.9 Å². The van der Waals surface area contributed by atoms with Crippen LogP contribution in [-0.2, 0) is 4.79 Å². The molecule has 2 amide bonds. The Morgan fingerprint density at radius 3 is 2.58 bits per heavy atom. The standard InChI is InChI=1S/C18H19N5O2S/c24-17(23-15(6-9-20-23)13-4-2-1-3-5-13)14-7-10-22(11-8-14)18(25)16-12-19-21-26-16/h1-5,9,12,14-15H,6-8,10-11H2. The first kappa shape index (κ1) is 16.8. The molecule has 2 aromatic rings. The number of amides is 2. The summed E-state index contributed by atoms with van der Waals surface area (Å²) in [6, 6.07) is 9.97. The summed E-state index contributed by atoms with van der Waals surface area (Å²) in [5, 5.41) is 9.67. The maximum atomic E-state index is 13.0. The normalized spacial score (nSPS) is 20.5. The first-order valence-electron chi connectivity index (χ1n) is 8.71. The zero-order valence-electron chi connectivity index (χ0n) is 14.2. The van der Waals surface area contributed by atoms with E-state index in [1.165, 1.54) is 6.20 Å². The highest BCUT2D eigenvalue weighted by Gasteiger charge is 2.35. The van der Waals surface area contributed by atoms with E-state index in [1.807, 2.05) is 36.5 Å². The monoisotopic (exact) mass is 369 g/mol. The van der Waals surface area contributed by atoms with E-state index in [2.05, 4.69) is 14.7 Å². The van der Waals surface area contributed by atoms with E-state index in [-0.39, 0.29) is 23.8 Å². The topological polar surface area (TPSA) is 78.8 Å². The van der Waals surface area contributed by atoms with Crippen molar-refractivity contribution < 1.29 is 9.59 Å². The van der Waals surface area contributed by atoms with Crippen molar-refractivity contribution in [3.63, 3.8) is 0 Å². The van der Waals surface area contributed by atoms with Crippen molar-refractivity contribution in [3.8, 4) is 0 Å². The van der Waals surface area contributed by atoms with Crippen molar-refractivity contribution in [3.05, 3.63) is 47.0 Å². The van der Waals surface area contributed by atoms with Crippen LogP contribution in [0.5, 0.6) is 0 Å². The molecular weight excluding hydrogens is 350 g/mol. The molecule has 26 heavy (non-hydrogen) atoms. The maximum Gasteiger partial charge on any atom is 0.267 e. The summed E-state index contributed by atoms with van der Waals surface area (Å²) in [5.74, 6) is -0.0912. The van der Waals surface area contributed by atoms with Crippen LogP contribution in [-0.4, -0.2) is 50.6 Å². The Morgan fingerprint density at radius 1 is 1.12 bits per heavy atom. The van der Waals surface area contributed by atoms with Gasteiger partial charge in [0.25, 0.3) is 5.91 Å². The van der Waals surface area contributed by atoms with E-state index in [0.717, 1.165) is 23.5 Å². The number of likely N-dealkylation sites (tertiary alicyclic amines) is 1. The Morgan fingerprint density at radius 2 is 1.88 bits per heavy atom. The third-order valence-corrected chi connectivity index (χ3v) is 5.60. The lowest BCUT2D eigenvalue weighted by atomic mass is 9.94. The number of piperidine rings is 1. The summed E-state index contributed by atoms with van der Waals surface area (Å²) in [7, 11) is 0. The van der Waals surface area contributed by atoms with Crippen LogP contribution in [0.15, 0.2) is 41.6 Å². The van der Waals surface area contributed by atoms with Gasteiger partial charge >= 0.3 is 0 Å². The van der Waals surface area contributed by atoms with Gasteiger partial charge in [0.2, 0.25) is 5.91 Å². The highest BCUT2D eigenvalue weighted by Crippen LogP contribution is 2.31. The molecule has 1 unspecified atom stereocenters. The van der Waals surface area contributed by atoms with Crippen LogP contribution in [0, 0.1) is 5.92 Å². The van der Waals surface area contributed by atoms with Crippen molar-refractivity contribution >= 4 is 29.6 Å². The Balaban J connectivity index is 1.39. The maximum absolute atomic E-state index is 13.0. The number of rotatable bonds is 3. The SMILES string of the molecule is O=C(c1cnns1)N1CCC(C(=O)N2N=CCC2c2ccccc2)CC1. The molecule has 7 nitrogen and oxygen atoms in total. The Labute approximate surface area is 155 Å². The minimum atomic E-state index is -0.0971. The van der Waals surface area contributed by atoms with Crippen molar-refractivity contribution in [2.45, 2.75) is 25.3 Å². The molecule has 1 aromatic heterocycles. The third kappa shape index (κ3) is 3.24. The molecule has 1 saturated heterocycles. The lowest BCUT2D eigenvalue weighted by Gasteiger charge is -2.33. The highest BCUT2D eigenvalue weighted by molar-refractivity contribution is 7.07. The van der Waals surface area contributed by atoms with E-state index >= 15 is 0 Å². The number of hydrazone groups is 1. The number of carbonyl (C=O) groups is 2. The van der Waals surface area contributed by atoms with Crippen LogP contribution >= 0.6 is 11.5 Å². The van der Waals surface area contributed by atoms with Crippen LogP contribution in [0.25, 0.3) is 0 Å². The van der Waals surface area contributed by atoms with Crippen molar-refractivity contribution in [2.75, 3.05) is 13.1 Å². The van der Waals surface area contributed by atoms with Crippen molar-refractivity contribution in [1.82, 2.24) is 19.5 Å². The molecule has 3 heterocycles. The molecule has 134 valence electrons. The fourth-order valence-corrected chi connectivity index (χ4v) is 4.00. The largest absolute Gasteiger partial charge is 0.338 e. The molecule has 2 aliphatic heterocycles. The summed E-state index contributed by atoms with van der Waals surface area (Å²) < 4.78 is 3.74. The molecule has 0 aliphatic carbocycles. The first-order valence-corrected chi connectivity index (χ1v) is 9.48. The quantitative estimate of drug-likeness (QED) is 0.832. The van der Waals surface area contributed by atoms with Crippen LogP contribution in [0.2, 0.25) is 0 Å². The zero-order valence-corrected chi connectivity index (χ0v) is 15.0. The number of hydrogen-bond acceptors (Lipinski definition) is 6. The molecule has 1 fully saturated rings. The molecule has 8 heteroatoms. The summed E-state index contributed by atoms with van der Waals surface area (Å²) in [5.41, 5.74) is 1.10. The molecule has 0 N–H and O–H groups in total. The summed E-state index contributed by atoms with van der Waals surface area (Å²) >= 11 is 1.10. The van der Waals surface area contributed by atoms with Crippen molar-refractivity contribution in [1.29, 1.82) is 0 Å². The second-order valence-electron chi connectivity index (χ2n) is 6.49. The van der Waals surface area contributed by atoms with Gasteiger partial charge in [-0.3, -0.25) is 9.59 Å². The van der Waals surface area contributed by atoms with Crippen LogP contribution < -0.4 is 0 Å². The lowest BCUT2D eigenvalue weighted by molar-refractivity contribution is -0.138. The number of carbonyl (C=O) groups excluding carboxylic acids is 2. The van der Waals surface area contributed by atoms with E-state index in [1.54, 1.807) is 9.91 Å².